The summed E-state index contributed by atoms with van der Waals surface area (Å²) in [6.07, 6.45) is 1.85. The van der Waals surface area contributed by atoms with Crippen LogP contribution in [0.1, 0.15) is 16.7 Å². The van der Waals surface area contributed by atoms with Crippen molar-refractivity contribution in [2.45, 2.75) is 25.9 Å². The highest BCUT2D eigenvalue weighted by atomic mass is 19.1. The van der Waals surface area contributed by atoms with Gasteiger partial charge in [-0.3, -0.25) is 0 Å². The third-order valence-electron chi connectivity index (χ3n) is 5.67. The lowest BCUT2D eigenvalue weighted by Gasteiger charge is -2.36. The first-order valence-electron chi connectivity index (χ1n) is 10.3. The molecule has 29 heavy (non-hydrogen) atoms. The Hall–Kier alpha value is -2.31. The molecule has 0 saturated heterocycles. The molecule has 0 aromatic heterocycles. The number of ether oxygens (including phenoxy) is 3. The second-order valence-electron chi connectivity index (χ2n) is 7.68. The summed E-state index contributed by atoms with van der Waals surface area (Å²) in [5.41, 5.74) is 5.26. The van der Waals surface area contributed by atoms with Crippen molar-refractivity contribution < 1.29 is 18.6 Å². The molecule has 0 bridgehead atoms. The first kappa shape index (κ1) is 20.0. The summed E-state index contributed by atoms with van der Waals surface area (Å²) in [4.78, 5) is 2.33. The standard InChI is InChI=1S/C23H29FN2O3/c1-16-21-7-9-25-8-6-17(21)12-22-23(16)26(10-11-28-22)14-20(15-27-2)29-19-5-3-4-18(24)13-19/h3-5,12-13,20,25H,6-11,14-15H2,1-2H3. The fraction of sp³-hybridized carbons (Fsp3) is 0.478. The quantitative estimate of drug-likeness (QED) is 0.807. The fourth-order valence-corrected chi connectivity index (χ4v) is 4.37. The molecule has 2 aliphatic rings. The van der Waals surface area contributed by atoms with Crippen LogP contribution in [0.3, 0.4) is 0 Å². The van der Waals surface area contributed by atoms with Gasteiger partial charge in [0.25, 0.3) is 0 Å². The number of benzene rings is 2. The number of rotatable bonds is 6. The maximum Gasteiger partial charge on any atom is 0.143 e. The number of hydrogen-bond donors (Lipinski definition) is 1. The zero-order valence-corrected chi connectivity index (χ0v) is 17.2. The molecule has 156 valence electrons. The molecular weight excluding hydrogens is 371 g/mol. The van der Waals surface area contributed by atoms with Gasteiger partial charge in [-0.05, 0) is 67.7 Å². The molecule has 4 rings (SSSR count). The Morgan fingerprint density at radius 2 is 2.10 bits per heavy atom. The maximum atomic E-state index is 13.6. The van der Waals surface area contributed by atoms with Gasteiger partial charge in [-0.1, -0.05) is 6.07 Å². The van der Waals surface area contributed by atoms with E-state index in [1.54, 1.807) is 19.2 Å². The molecule has 1 unspecified atom stereocenters. The lowest BCUT2D eigenvalue weighted by atomic mass is 9.94. The summed E-state index contributed by atoms with van der Waals surface area (Å²) >= 11 is 0. The third kappa shape index (κ3) is 4.49. The van der Waals surface area contributed by atoms with Crippen LogP contribution in [0, 0.1) is 12.7 Å². The van der Waals surface area contributed by atoms with Crippen LogP contribution in [0.25, 0.3) is 0 Å². The molecule has 0 saturated carbocycles. The smallest absolute Gasteiger partial charge is 0.143 e. The average Bonchev–Trinajstić information content (AvgIpc) is 2.94. The van der Waals surface area contributed by atoms with E-state index in [-0.39, 0.29) is 11.9 Å². The van der Waals surface area contributed by atoms with Gasteiger partial charge in [-0.25, -0.2) is 4.39 Å². The molecule has 2 aromatic carbocycles. The second-order valence-corrected chi connectivity index (χ2v) is 7.68. The van der Waals surface area contributed by atoms with E-state index in [0.717, 1.165) is 43.9 Å². The third-order valence-corrected chi connectivity index (χ3v) is 5.67. The van der Waals surface area contributed by atoms with Crippen molar-refractivity contribution in [3.63, 3.8) is 0 Å². The molecule has 0 fully saturated rings. The van der Waals surface area contributed by atoms with Crippen molar-refractivity contribution in [1.29, 1.82) is 0 Å². The van der Waals surface area contributed by atoms with Gasteiger partial charge in [0.15, 0.2) is 0 Å². The normalized spacial score (nSPS) is 17.0. The van der Waals surface area contributed by atoms with Gasteiger partial charge in [-0.15, -0.1) is 0 Å². The average molecular weight is 400 g/mol. The molecule has 1 atom stereocenters. The lowest BCUT2D eigenvalue weighted by molar-refractivity contribution is 0.0834. The Balaban J connectivity index is 1.60. The second kappa shape index (κ2) is 9.01. The minimum absolute atomic E-state index is 0.215. The molecule has 0 radical (unpaired) electrons. The van der Waals surface area contributed by atoms with Gasteiger partial charge < -0.3 is 24.4 Å². The highest BCUT2D eigenvalue weighted by molar-refractivity contribution is 5.69. The Morgan fingerprint density at radius 1 is 1.24 bits per heavy atom. The van der Waals surface area contributed by atoms with Crippen molar-refractivity contribution in [2.24, 2.45) is 0 Å². The van der Waals surface area contributed by atoms with Gasteiger partial charge in [0.05, 0.1) is 25.4 Å². The number of halogens is 1. The topological polar surface area (TPSA) is 43.0 Å². The van der Waals surface area contributed by atoms with E-state index in [4.69, 9.17) is 14.2 Å². The summed E-state index contributed by atoms with van der Waals surface area (Å²) in [5, 5.41) is 3.48. The van der Waals surface area contributed by atoms with E-state index >= 15 is 0 Å². The van der Waals surface area contributed by atoms with E-state index in [9.17, 15) is 4.39 Å². The number of nitrogens with zero attached hydrogens (tertiary/aromatic N) is 1. The zero-order chi connectivity index (χ0) is 20.2. The van der Waals surface area contributed by atoms with E-state index in [0.29, 0.717) is 25.5 Å². The zero-order valence-electron chi connectivity index (χ0n) is 17.2. The molecule has 0 aliphatic carbocycles. The predicted molar refractivity (Wildman–Crippen MR) is 112 cm³/mol. The van der Waals surface area contributed by atoms with Gasteiger partial charge in [0.1, 0.15) is 30.0 Å². The summed E-state index contributed by atoms with van der Waals surface area (Å²) in [5.74, 6) is 1.17. The first-order valence-corrected chi connectivity index (χ1v) is 10.3. The molecule has 0 amide bonds. The molecule has 0 spiro atoms. The SMILES string of the molecule is COCC(CN1CCOc2cc3c(c(C)c21)CCNCC3)Oc1cccc(F)c1. The summed E-state index contributed by atoms with van der Waals surface area (Å²) in [7, 11) is 1.66. The van der Waals surface area contributed by atoms with Crippen LogP contribution in [0.5, 0.6) is 11.5 Å². The van der Waals surface area contributed by atoms with Gasteiger partial charge in [0.2, 0.25) is 0 Å². The highest BCUT2D eigenvalue weighted by Gasteiger charge is 2.27. The van der Waals surface area contributed by atoms with E-state index in [1.165, 1.54) is 28.8 Å². The first-order chi connectivity index (χ1) is 14.2. The van der Waals surface area contributed by atoms with E-state index in [2.05, 4.69) is 23.2 Å². The van der Waals surface area contributed by atoms with Crippen molar-refractivity contribution in [1.82, 2.24) is 5.32 Å². The van der Waals surface area contributed by atoms with E-state index in [1.807, 2.05) is 0 Å². The van der Waals surface area contributed by atoms with Crippen molar-refractivity contribution >= 4 is 5.69 Å². The van der Waals surface area contributed by atoms with Crippen LogP contribution in [-0.4, -0.2) is 52.6 Å². The number of hydrogen-bond acceptors (Lipinski definition) is 5. The van der Waals surface area contributed by atoms with Crippen LogP contribution in [-0.2, 0) is 17.6 Å². The summed E-state index contributed by atoms with van der Waals surface area (Å²) in [6.45, 7) is 6.72. The molecule has 2 aliphatic heterocycles. The van der Waals surface area contributed by atoms with Crippen molar-refractivity contribution in [3.8, 4) is 11.5 Å². The van der Waals surface area contributed by atoms with E-state index < -0.39 is 0 Å². The highest BCUT2D eigenvalue weighted by Crippen LogP contribution is 2.39. The molecule has 2 aromatic rings. The van der Waals surface area contributed by atoms with Crippen LogP contribution in [0.4, 0.5) is 10.1 Å². The van der Waals surface area contributed by atoms with Gasteiger partial charge in [-0.2, -0.15) is 0 Å². The minimum Gasteiger partial charge on any atom is -0.490 e. The number of nitrogens with one attached hydrogen (secondary N) is 1. The Bertz CT molecular complexity index is 858. The molecule has 6 heteroatoms. The predicted octanol–water partition coefficient (Wildman–Crippen LogP) is 3.12. The van der Waals surface area contributed by atoms with Crippen LogP contribution in [0.2, 0.25) is 0 Å². The minimum atomic E-state index is -0.303. The van der Waals surface area contributed by atoms with Crippen LogP contribution in [0.15, 0.2) is 30.3 Å². The number of methoxy groups -OCH3 is 1. The summed E-state index contributed by atoms with van der Waals surface area (Å²) in [6, 6.07) is 8.48. The van der Waals surface area contributed by atoms with Crippen molar-refractivity contribution in [3.05, 3.63) is 52.8 Å². The number of anilines is 1. The molecule has 2 heterocycles. The monoisotopic (exact) mass is 400 g/mol. The lowest BCUT2D eigenvalue weighted by Crippen LogP contribution is -2.42. The molecule has 1 N–H and O–H groups in total. The Morgan fingerprint density at radius 3 is 2.93 bits per heavy atom. The number of fused-ring (bicyclic) bond motifs is 2. The fourth-order valence-electron chi connectivity index (χ4n) is 4.37. The largest absolute Gasteiger partial charge is 0.490 e. The van der Waals surface area contributed by atoms with Gasteiger partial charge >= 0.3 is 0 Å². The Labute approximate surface area is 171 Å². The molecular formula is C23H29FN2O3. The molecule has 5 nitrogen and oxygen atoms in total. The van der Waals surface area contributed by atoms with Gasteiger partial charge in [0, 0.05) is 13.2 Å². The summed E-state index contributed by atoms with van der Waals surface area (Å²) < 4.78 is 31.1. The maximum absolute atomic E-state index is 13.6. The van der Waals surface area contributed by atoms with Crippen molar-refractivity contribution in [2.75, 3.05) is 51.4 Å². The van der Waals surface area contributed by atoms with Crippen LogP contribution < -0.4 is 19.7 Å². The Kier molecular flexibility index (Phi) is 6.21. The van der Waals surface area contributed by atoms with Crippen LogP contribution >= 0.6 is 0 Å².